The van der Waals surface area contributed by atoms with Crippen molar-refractivity contribution in [1.82, 2.24) is 19.9 Å². The summed E-state index contributed by atoms with van der Waals surface area (Å²) in [5.74, 6) is 1.11. The zero-order valence-electron chi connectivity index (χ0n) is 15.7. The topological polar surface area (TPSA) is 77.4 Å². The number of ether oxygens (including phenoxy) is 2. The Balaban J connectivity index is 1.91. The molecule has 2 aromatic heterocycles. The van der Waals surface area contributed by atoms with Gasteiger partial charge in [0.25, 0.3) is 0 Å². The van der Waals surface area contributed by atoms with Crippen LogP contribution in [0.5, 0.6) is 5.88 Å². The van der Waals surface area contributed by atoms with Crippen molar-refractivity contribution in [3.8, 4) is 17.3 Å². The van der Waals surface area contributed by atoms with Crippen LogP contribution < -0.4 is 4.74 Å². The van der Waals surface area contributed by atoms with Crippen molar-refractivity contribution >= 4 is 6.09 Å². The number of amides is 1. The van der Waals surface area contributed by atoms with E-state index in [1.54, 1.807) is 17.3 Å². The van der Waals surface area contributed by atoms with Gasteiger partial charge < -0.3 is 14.4 Å². The Morgan fingerprint density at radius 2 is 2.12 bits per heavy atom. The summed E-state index contributed by atoms with van der Waals surface area (Å²) >= 11 is 0. The highest BCUT2D eigenvalue weighted by atomic mass is 16.6. The molecule has 0 aromatic carbocycles. The highest BCUT2D eigenvalue weighted by Crippen LogP contribution is 2.29. The number of nitrogens with zero attached hydrogens (tertiary/aromatic N) is 4. The van der Waals surface area contributed by atoms with E-state index in [9.17, 15) is 4.79 Å². The molecule has 0 aliphatic carbocycles. The van der Waals surface area contributed by atoms with Crippen LogP contribution in [0.25, 0.3) is 11.4 Å². The van der Waals surface area contributed by atoms with Gasteiger partial charge in [0.15, 0.2) is 5.82 Å². The van der Waals surface area contributed by atoms with Crippen LogP contribution in [0.2, 0.25) is 0 Å². The van der Waals surface area contributed by atoms with Crippen molar-refractivity contribution < 1.29 is 14.3 Å². The van der Waals surface area contributed by atoms with Crippen molar-refractivity contribution in [2.24, 2.45) is 0 Å². The fourth-order valence-electron chi connectivity index (χ4n) is 2.75. The number of hydrogen-bond acceptors (Lipinski definition) is 6. The van der Waals surface area contributed by atoms with E-state index in [1.807, 2.05) is 39.8 Å². The summed E-state index contributed by atoms with van der Waals surface area (Å²) in [5.41, 5.74) is 2.06. The summed E-state index contributed by atoms with van der Waals surface area (Å²) in [6.45, 7) is 8.91. The molecule has 0 bridgehead atoms. The summed E-state index contributed by atoms with van der Waals surface area (Å²) in [4.78, 5) is 27.4. The fourth-order valence-corrected chi connectivity index (χ4v) is 2.75. The standard InChI is InChI=1S/C19H24N4O3/c1-5-25-17-14-12-23(18(24)26-19(2,3)4)10-8-15(14)21-16(22-17)13-7-6-9-20-11-13/h6-7,9,11H,5,8,10,12H2,1-4H3. The van der Waals surface area contributed by atoms with Gasteiger partial charge in [0.2, 0.25) is 5.88 Å². The van der Waals surface area contributed by atoms with Gasteiger partial charge in [0.05, 0.1) is 24.4 Å². The predicted octanol–water partition coefficient (Wildman–Crippen LogP) is 3.23. The Hall–Kier alpha value is -2.70. The minimum Gasteiger partial charge on any atom is -0.478 e. The van der Waals surface area contributed by atoms with Crippen LogP contribution in [0.1, 0.15) is 39.0 Å². The first kappa shape index (κ1) is 18.1. The minimum atomic E-state index is -0.527. The van der Waals surface area contributed by atoms with Gasteiger partial charge in [-0.2, -0.15) is 4.98 Å². The lowest BCUT2D eigenvalue weighted by Crippen LogP contribution is -2.40. The van der Waals surface area contributed by atoms with Gasteiger partial charge in [-0.25, -0.2) is 9.78 Å². The van der Waals surface area contributed by atoms with Crippen LogP contribution in [-0.4, -0.2) is 44.7 Å². The van der Waals surface area contributed by atoms with Gasteiger partial charge in [-0.05, 0) is 39.8 Å². The molecule has 26 heavy (non-hydrogen) atoms. The number of fused-ring (bicyclic) bond motifs is 1. The number of carbonyl (C=O) groups is 1. The average molecular weight is 356 g/mol. The summed E-state index contributed by atoms with van der Waals surface area (Å²) in [6, 6.07) is 3.77. The quantitative estimate of drug-likeness (QED) is 0.840. The van der Waals surface area contributed by atoms with Gasteiger partial charge in [0, 0.05) is 30.9 Å². The SMILES string of the molecule is CCOc1nc(-c2cccnc2)nc2c1CN(C(=O)OC(C)(C)C)CC2. The Morgan fingerprint density at radius 1 is 1.31 bits per heavy atom. The van der Waals surface area contributed by atoms with Crippen LogP contribution >= 0.6 is 0 Å². The molecule has 0 radical (unpaired) electrons. The van der Waals surface area contributed by atoms with E-state index in [0.717, 1.165) is 16.8 Å². The lowest BCUT2D eigenvalue weighted by molar-refractivity contribution is 0.0220. The maximum atomic E-state index is 12.4. The first-order valence-electron chi connectivity index (χ1n) is 8.78. The number of hydrogen-bond donors (Lipinski definition) is 0. The largest absolute Gasteiger partial charge is 0.478 e. The van der Waals surface area contributed by atoms with Crippen molar-refractivity contribution in [3.05, 3.63) is 35.8 Å². The average Bonchev–Trinajstić information content (AvgIpc) is 2.61. The second-order valence-corrected chi connectivity index (χ2v) is 7.10. The lowest BCUT2D eigenvalue weighted by atomic mass is 10.1. The van der Waals surface area contributed by atoms with Crippen molar-refractivity contribution in [3.63, 3.8) is 0 Å². The predicted molar refractivity (Wildman–Crippen MR) is 96.8 cm³/mol. The Kier molecular flexibility index (Phi) is 5.06. The maximum absolute atomic E-state index is 12.4. The molecular weight excluding hydrogens is 332 g/mol. The molecular formula is C19H24N4O3. The third kappa shape index (κ3) is 4.09. The first-order valence-corrected chi connectivity index (χ1v) is 8.78. The van der Waals surface area contributed by atoms with Crippen LogP contribution in [-0.2, 0) is 17.7 Å². The summed E-state index contributed by atoms with van der Waals surface area (Å²) in [6.07, 6.45) is 3.74. The Morgan fingerprint density at radius 3 is 2.77 bits per heavy atom. The van der Waals surface area contributed by atoms with E-state index < -0.39 is 5.60 Å². The number of carbonyl (C=O) groups excluding carboxylic acids is 1. The zero-order valence-corrected chi connectivity index (χ0v) is 15.7. The van der Waals surface area contributed by atoms with Gasteiger partial charge in [-0.3, -0.25) is 4.98 Å². The number of pyridine rings is 1. The Labute approximate surface area is 153 Å². The smallest absolute Gasteiger partial charge is 0.410 e. The van der Waals surface area contributed by atoms with E-state index in [0.29, 0.717) is 37.8 Å². The molecule has 7 heteroatoms. The van der Waals surface area contributed by atoms with Crippen LogP contribution in [0, 0.1) is 0 Å². The lowest BCUT2D eigenvalue weighted by Gasteiger charge is -2.31. The fraction of sp³-hybridized carbons (Fsp3) is 0.474. The third-order valence-corrected chi connectivity index (χ3v) is 3.87. The number of rotatable bonds is 3. The second kappa shape index (κ2) is 7.27. The van der Waals surface area contributed by atoms with Crippen molar-refractivity contribution in [2.75, 3.05) is 13.2 Å². The van der Waals surface area contributed by atoms with Crippen LogP contribution in [0.3, 0.4) is 0 Å². The van der Waals surface area contributed by atoms with Crippen molar-refractivity contribution in [2.45, 2.75) is 46.3 Å². The molecule has 2 aromatic rings. The molecule has 3 heterocycles. The highest BCUT2D eigenvalue weighted by Gasteiger charge is 2.29. The number of aromatic nitrogens is 3. The molecule has 138 valence electrons. The second-order valence-electron chi connectivity index (χ2n) is 7.10. The first-order chi connectivity index (χ1) is 12.4. The van der Waals surface area contributed by atoms with Crippen molar-refractivity contribution in [1.29, 1.82) is 0 Å². The molecule has 1 aliphatic heterocycles. The molecule has 1 amide bonds. The molecule has 0 unspecified atom stereocenters. The molecule has 0 fully saturated rings. The summed E-state index contributed by atoms with van der Waals surface area (Å²) in [5, 5.41) is 0. The van der Waals surface area contributed by atoms with Gasteiger partial charge in [-0.1, -0.05) is 0 Å². The van der Waals surface area contributed by atoms with Gasteiger partial charge in [0.1, 0.15) is 5.60 Å². The van der Waals surface area contributed by atoms with Gasteiger partial charge in [-0.15, -0.1) is 0 Å². The van der Waals surface area contributed by atoms with E-state index >= 15 is 0 Å². The van der Waals surface area contributed by atoms with E-state index in [1.165, 1.54) is 0 Å². The van der Waals surface area contributed by atoms with E-state index in [2.05, 4.69) is 15.0 Å². The van der Waals surface area contributed by atoms with Crippen LogP contribution in [0.4, 0.5) is 4.79 Å². The molecule has 0 spiro atoms. The molecule has 0 atom stereocenters. The molecule has 7 nitrogen and oxygen atoms in total. The molecule has 0 N–H and O–H groups in total. The van der Waals surface area contributed by atoms with Gasteiger partial charge >= 0.3 is 6.09 Å². The molecule has 0 saturated carbocycles. The monoisotopic (exact) mass is 356 g/mol. The summed E-state index contributed by atoms with van der Waals surface area (Å²) < 4.78 is 11.2. The maximum Gasteiger partial charge on any atom is 0.410 e. The highest BCUT2D eigenvalue weighted by molar-refractivity contribution is 5.69. The minimum absolute atomic E-state index is 0.332. The third-order valence-electron chi connectivity index (χ3n) is 3.87. The molecule has 3 rings (SSSR count). The van der Waals surface area contributed by atoms with E-state index in [-0.39, 0.29) is 6.09 Å². The van der Waals surface area contributed by atoms with Crippen LogP contribution in [0.15, 0.2) is 24.5 Å². The summed E-state index contributed by atoms with van der Waals surface area (Å²) in [7, 11) is 0. The normalized spacial score (nSPS) is 13.9. The Bertz CT molecular complexity index is 787. The molecule has 1 aliphatic rings. The molecule has 0 saturated heterocycles. The zero-order chi connectivity index (χ0) is 18.7. The van der Waals surface area contributed by atoms with E-state index in [4.69, 9.17) is 9.47 Å².